The Morgan fingerprint density at radius 2 is 2.07 bits per heavy atom. The Morgan fingerprint density at radius 3 is 2.53 bits per heavy atom. The van der Waals surface area contributed by atoms with Crippen molar-refractivity contribution in [3.05, 3.63) is 29.3 Å². The van der Waals surface area contributed by atoms with Crippen molar-refractivity contribution in [2.45, 2.75) is 17.9 Å². The van der Waals surface area contributed by atoms with Crippen LogP contribution in [0, 0.1) is 6.92 Å². The van der Waals surface area contributed by atoms with Gasteiger partial charge in [-0.1, -0.05) is 6.07 Å². The van der Waals surface area contributed by atoms with Crippen LogP contribution in [0.15, 0.2) is 23.1 Å². The van der Waals surface area contributed by atoms with Crippen LogP contribution in [0.4, 0.5) is 0 Å². The molecule has 1 aromatic rings. The number of aryl methyl sites for hydroxylation is 1. The van der Waals surface area contributed by atoms with Crippen molar-refractivity contribution in [3.8, 4) is 0 Å². The standard InChI is InChI=1S/C10H15NO3S/c1-7-3-4-8(15(2,13)14)5-9(7)10(11)6-12/h3-5,10,12H,6,11H2,1-2H3. The molecule has 0 heterocycles. The Morgan fingerprint density at radius 1 is 1.47 bits per heavy atom. The van der Waals surface area contributed by atoms with Gasteiger partial charge < -0.3 is 10.8 Å². The summed E-state index contributed by atoms with van der Waals surface area (Å²) in [7, 11) is -3.22. The van der Waals surface area contributed by atoms with Gasteiger partial charge in [-0.3, -0.25) is 0 Å². The maximum Gasteiger partial charge on any atom is 0.175 e. The number of rotatable bonds is 3. The average Bonchev–Trinajstić information content (AvgIpc) is 2.15. The molecule has 4 nitrogen and oxygen atoms in total. The van der Waals surface area contributed by atoms with Gasteiger partial charge in [-0.15, -0.1) is 0 Å². The highest BCUT2D eigenvalue weighted by atomic mass is 32.2. The van der Waals surface area contributed by atoms with Gasteiger partial charge >= 0.3 is 0 Å². The van der Waals surface area contributed by atoms with Crippen molar-refractivity contribution in [1.29, 1.82) is 0 Å². The van der Waals surface area contributed by atoms with Crippen LogP contribution in [0.3, 0.4) is 0 Å². The molecule has 0 saturated heterocycles. The molecule has 0 aliphatic heterocycles. The minimum absolute atomic E-state index is 0.200. The third-order valence-corrected chi connectivity index (χ3v) is 3.39. The average molecular weight is 229 g/mol. The molecule has 0 aliphatic carbocycles. The van der Waals surface area contributed by atoms with Gasteiger partial charge in [0.25, 0.3) is 0 Å². The van der Waals surface area contributed by atoms with Crippen molar-refractivity contribution in [2.24, 2.45) is 5.73 Å². The highest BCUT2D eigenvalue weighted by molar-refractivity contribution is 7.90. The lowest BCUT2D eigenvalue weighted by Crippen LogP contribution is -2.16. The molecule has 0 saturated carbocycles. The third-order valence-electron chi connectivity index (χ3n) is 2.28. The molecule has 1 unspecified atom stereocenters. The second-order valence-electron chi connectivity index (χ2n) is 3.58. The van der Waals surface area contributed by atoms with Gasteiger partial charge in [0.05, 0.1) is 17.5 Å². The van der Waals surface area contributed by atoms with Crippen LogP contribution in [0.5, 0.6) is 0 Å². The van der Waals surface area contributed by atoms with Crippen molar-refractivity contribution < 1.29 is 13.5 Å². The predicted molar refractivity (Wildman–Crippen MR) is 58.3 cm³/mol. The van der Waals surface area contributed by atoms with Crippen LogP contribution >= 0.6 is 0 Å². The van der Waals surface area contributed by atoms with Crippen LogP contribution in [0.1, 0.15) is 17.2 Å². The van der Waals surface area contributed by atoms with E-state index in [9.17, 15) is 8.42 Å². The lowest BCUT2D eigenvalue weighted by molar-refractivity contribution is 0.267. The minimum Gasteiger partial charge on any atom is -0.394 e. The van der Waals surface area contributed by atoms with Gasteiger partial charge in [-0.2, -0.15) is 0 Å². The summed E-state index contributed by atoms with van der Waals surface area (Å²) in [5.74, 6) is 0. The summed E-state index contributed by atoms with van der Waals surface area (Å²) in [6, 6.07) is 4.22. The minimum atomic E-state index is -3.22. The van der Waals surface area contributed by atoms with Crippen molar-refractivity contribution >= 4 is 9.84 Å². The van der Waals surface area contributed by atoms with Crippen LogP contribution < -0.4 is 5.73 Å². The van der Waals surface area contributed by atoms with E-state index < -0.39 is 15.9 Å². The molecule has 1 aromatic carbocycles. The van der Waals surface area contributed by atoms with Crippen LogP contribution in [-0.2, 0) is 9.84 Å². The summed E-state index contributed by atoms with van der Waals surface area (Å²) in [5.41, 5.74) is 7.21. The molecular formula is C10H15NO3S. The van der Waals surface area contributed by atoms with E-state index in [4.69, 9.17) is 10.8 Å². The third kappa shape index (κ3) is 2.77. The van der Waals surface area contributed by atoms with Gasteiger partial charge in [-0.25, -0.2) is 8.42 Å². The Balaban J connectivity index is 3.29. The summed E-state index contributed by atoms with van der Waals surface area (Å²) >= 11 is 0. The van der Waals surface area contributed by atoms with E-state index in [0.717, 1.165) is 11.8 Å². The number of aliphatic hydroxyl groups is 1. The molecule has 5 heteroatoms. The van der Waals surface area contributed by atoms with Gasteiger partial charge in [0.2, 0.25) is 0 Å². The molecule has 0 fully saturated rings. The zero-order valence-electron chi connectivity index (χ0n) is 8.77. The highest BCUT2D eigenvalue weighted by Gasteiger charge is 2.13. The molecule has 0 aliphatic rings. The summed E-state index contributed by atoms with van der Waals surface area (Å²) < 4.78 is 22.6. The lowest BCUT2D eigenvalue weighted by Gasteiger charge is -2.13. The van der Waals surface area contributed by atoms with E-state index in [1.54, 1.807) is 6.07 Å². The van der Waals surface area contributed by atoms with Crippen LogP contribution in [-0.4, -0.2) is 26.4 Å². The topological polar surface area (TPSA) is 80.4 Å². The molecular weight excluding hydrogens is 214 g/mol. The molecule has 3 N–H and O–H groups in total. The smallest absolute Gasteiger partial charge is 0.175 e. The van der Waals surface area contributed by atoms with Gasteiger partial charge in [-0.05, 0) is 30.2 Å². The first-order valence-corrected chi connectivity index (χ1v) is 6.42. The van der Waals surface area contributed by atoms with Crippen molar-refractivity contribution in [2.75, 3.05) is 12.9 Å². The second kappa shape index (κ2) is 4.30. The van der Waals surface area contributed by atoms with Gasteiger partial charge in [0.15, 0.2) is 9.84 Å². The van der Waals surface area contributed by atoms with E-state index in [0.29, 0.717) is 5.56 Å². The number of aliphatic hydroxyl groups excluding tert-OH is 1. The van der Waals surface area contributed by atoms with Crippen molar-refractivity contribution in [1.82, 2.24) is 0 Å². The van der Waals surface area contributed by atoms with E-state index in [1.807, 2.05) is 6.92 Å². The number of benzene rings is 1. The molecule has 1 atom stereocenters. The zero-order chi connectivity index (χ0) is 11.6. The fourth-order valence-corrected chi connectivity index (χ4v) is 2.00. The molecule has 1 rings (SSSR count). The van der Waals surface area contributed by atoms with Gasteiger partial charge in [0.1, 0.15) is 0 Å². The number of hydrogen-bond acceptors (Lipinski definition) is 4. The number of hydrogen-bond donors (Lipinski definition) is 2. The Hall–Kier alpha value is -0.910. The maximum absolute atomic E-state index is 11.3. The fraction of sp³-hybridized carbons (Fsp3) is 0.400. The lowest BCUT2D eigenvalue weighted by atomic mass is 10.0. The summed E-state index contributed by atoms with van der Waals surface area (Å²) in [4.78, 5) is 0.229. The molecule has 15 heavy (non-hydrogen) atoms. The largest absolute Gasteiger partial charge is 0.394 e. The van der Waals surface area contributed by atoms with E-state index in [-0.39, 0.29) is 11.5 Å². The van der Waals surface area contributed by atoms with E-state index in [2.05, 4.69) is 0 Å². The maximum atomic E-state index is 11.3. The fourth-order valence-electron chi connectivity index (χ4n) is 1.35. The second-order valence-corrected chi connectivity index (χ2v) is 5.60. The van der Waals surface area contributed by atoms with E-state index in [1.165, 1.54) is 12.1 Å². The zero-order valence-corrected chi connectivity index (χ0v) is 9.58. The number of nitrogens with two attached hydrogens (primary N) is 1. The summed E-state index contributed by atoms with van der Waals surface area (Å²) in [5, 5.41) is 8.93. The molecule has 84 valence electrons. The quantitative estimate of drug-likeness (QED) is 0.785. The summed E-state index contributed by atoms with van der Waals surface area (Å²) in [6.07, 6.45) is 1.14. The normalized spacial score (nSPS) is 13.9. The molecule has 0 amide bonds. The van der Waals surface area contributed by atoms with E-state index >= 15 is 0 Å². The number of sulfone groups is 1. The molecule has 0 bridgehead atoms. The Labute approximate surface area is 89.7 Å². The van der Waals surface area contributed by atoms with Crippen LogP contribution in [0.25, 0.3) is 0 Å². The first-order valence-electron chi connectivity index (χ1n) is 4.53. The first-order chi connectivity index (χ1) is 6.86. The summed E-state index contributed by atoms with van der Waals surface area (Å²) in [6.45, 7) is 1.63. The molecule has 0 radical (unpaired) electrons. The van der Waals surface area contributed by atoms with Crippen molar-refractivity contribution in [3.63, 3.8) is 0 Å². The van der Waals surface area contributed by atoms with Crippen LogP contribution in [0.2, 0.25) is 0 Å². The highest BCUT2D eigenvalue weighted by Crippen LogP contribution is 2.20. The predicted octanol–water partition coefficient (Wildman–Crippen LogP) is 0.391. The first kappa shape index (κ1) is 12.2. The SMILES string of the molecule is Cc1ccc(S(C)(=O)=O)cc1C(N)CO. The Bertz CT molecular complexity index is 454. The Kier molecular flexibility index (Phi) is 3.49. The van der Waals surface area contributed by atoms with Gasteiger partial charge in [0, 0.05) is 6.26 Å². The molecule has 0 spiro atoms. The monoisotopic (exact) mass is 229 g/mol. The molecule has 0 aromatic heterocycles.